The van der Waals surface area contributed by atoms with E-state index in [1.54, 1.807) is 12.1 Å². The van der Waals surface area contributed by atoms with Crippen molar-refractivity contribution in [3.63, 3.8) is 0 Å². The van der Waals surface area contributed by atoms with Crippen LogP contribution in [0.4, 0.5) is 10.1 Å². The topological polar surface area (TPSA) is 40.6 Å². The maximum absolute atomic E-state index is 14.4. The van der Waals surface area contributed by atoms with Gasteiger partial charge in [-0.1, -0.05) is 32.9 Å². The van der Waals surface area contributed by atoms with Crippen LogP contribution in [0.1, 0.15) is 54.0 Å². The van der Waals surface area contributed by atoms with Crippen LogP contribution in [-0.2, 0) is 5.41 Å². The maximum atomic E-state index is 14.4. The van der Waals surface area contributed by atoms with E-state index in [4.69, 9.17) is 0 Å². The fourth-order valence-corrected chi connectivity index (χ4v) is 3.43. The minimum absolute atomic E-state index is 0.00695. The van der Waals surface area contributed by atoms with Gasteiger partial charge in [0.25, 0.3) is 5.91 Å². The number of amides is 1. The van der Waals surface area contributed by atoms with E-state index in [-0.39, 0.29) is 17.1 Å². The van der Waals surface area contributed by atoms with Crippen LogP contribution in [-0.4, -0.2) is 42.8 Å². The standard InChI is InChI=1S/C23H27FN2O2/c1-16(27)18-7-10-21(20(24)15-18)25-11-13-26(14-12-25)22(28)17-5-8-19(9-6-17)23(2,3)4/h5-10,15H,11-14H2,1-4H3. The molecule has 0 N–H and O–H groups in total. The van der Waals surface area contributed by atoms with Crippen molar-refractivity contribution in [2.24, 2.45) is 0 Å². The largest absolute Gasteiger partial charge is 0.366 e. The Hall–Kier alpha value is -2.69. The molecule has 0 saturated carbocycles. The molecule has 0 aromatic heterocycles. The van der Waals surface area contributed by atoms with Crippen molar-refractivity contribution >= 4 is 17.4 Å². The highest BCUT2D eigenvalue weighted by molar-refractivity contribution is 5.95. The molecule has 0 radical (unpaired) electrons. The van der Waals surface area contributed by atoms with Crippen molar-refractivity contribution < 1.29 is 14.0 Å². The number of hydrogen-bond acceptors (Lipinski definition) is 3. The molecule has 1 aliphatic heterocycles. The molecule has 4 nitrogen and oxygen atoms in total. The first kappa shape index (κ1) is 20.1. The second-order valence-corrected chi connectivity index (χ2v) is 8.33. The molecule has 28 heavy (non-hydrogen) atoms. The molecule has 1 amide bonds. The molecule has 3 rings (SSSR count). The van der Waals surface area contributed by atoms with Crippen LogP contribution < -0.4 is 4.90 Å². The highest BCUT2D eigenvalue weighted by Gasteiger charge is 2.24. The first-order chi connectivity index (χ1) is 13.2. The van der Waals surface area contributed by atoms with E-state index in [1.165, 1.54) is 18.6 Å². The summed E-state index contributed by atoms with van der Waals surface area (Å²) in [4.78, 5) is 27.9. The predicted octanol–water partition coefficient (Wildman–Crippen LogP) is 4.29. The number of anilines is 1. The van der Waals surface area contributed by atoms with Crippen molar-refractivity contribution in [3.8, 4) is 0 Å². The zero-order valence-electron chi connectivity index (χ0n) is 17.0. The number of carbonyl (C=O) groups is 2. The Labute approximate surface area is 166 Å². The van der Waals surface area contributed by atoms with Crippen LogP contribution in [0.3, 0.4) is 0 Å². The molecule has 1 saturated heterocycles. The molecule has 0 atom stereocenters. The normalized spacial score (nSPS) is 14.9. The van der Waals surface area contributed by atoms with E-state index < -0.39 is 5.82 Å². The molecule has 1 heterocycles. The molecule has 0 aliphatic carbocycles. The highest BCUT2D eigenvalue weighted by Crippen LogP contribution is 2.24. The van der Waals surface area contributed by atoms with Gasteiger partial charge >= 0.3 is 0 Å². The van der Waals surface area contributed by atoms with Crippen molar-refractivity contribution in [3.05, 3.63) is 65.0 Å². The summed E-state index contributed by atoms with van der Waals surface area (Å²) in [6.07, 6.45) is 0. The van der Waals surface area contributed by atoms with Gasteiger partial charge in [0, 0.05) is 37.3 Å². The Bertz CT molecular complexity index is 876. The number of Topliss-reactive ketones (excluding diaryl/α,β-unsaturated/α-hetero) is 1. The number of ketones is 1. The van der Waals surface area contributed by atoms with Gasteiger partial charge in [0.2, 0.25) is 0 Å². The summed E-state index contributed by atoms with van der Waals surface area (Å²) >= 11 is 0. The van der Waals surface area contributed by atoms with Gasteiger partial charge in [-0.05, 0) is 48.2 Å². The fraction of sp³-hybridized carbons (Fsp3) is 0.391. The highest BCUT2D eigenvalue weighted by atomic mass is 19.1. The van der Waals surface area contributed by atoms with Gasteiger partial charge in [-0.3, -0.25) is 9.59 Å². The molecule has 1 fully saturated rings. The van der Waals surface area contributed by atoms with Crippen LogP contribution in [0.25, 0.3) is 0 Å². The smallest absolute Gasteiger partial charge is 0.253 e. The number of carbonyl (C=O) groups excluding carboxylic acids is 2. The summed E-state index contributed by atoms with van der Waals surface area (Å²) in [5.41, 5.74) is 2.77. The number of nitrogens with zero attached hydrogens (tertiary/aromatic N) is 2. The SMILES string of the molecule is CC(=O)c1ccc(N2CCN(C(=O)c3ccc(C(C)(C)C)cc3)CC2)c(F)c1. The number of piperazine rings is 1. The molecule has 0 bridgehead atoms. The zero-order chi connectivity index (χ0) is 20.5. The quantitative estimate of drug-likeness (QED) is 0.744. The van der Waals surface area contributed by atoms with E-state index in [1.807, 2.05) is 34.1 Å². The van der Waals surface area contributed by atoms with Crippen LogP contribution in [0.2, 0.25) is 0 Å². The minimum atomic E-state index is -0.398. The monoisotopic (exact) mass is 382 g/mol. The molecule has 5 heteroatoms. The van der Waals surface area contributed by atoms with Crippen LogP contribution in [0, 0.1) is 5.82 Å². The Morgan fingerprint density at radius 2 is 1.46 bits per heavy atom. The maximum Gasteiger partial charge on any atom is 0.253 e. The first-order valence-corrected chi connectivity index (χ1v) is 9.62. The number of hydrogen-bond donors (Lipinski definition) is 0. The lowest BCUT2D eigenvalue weighted by atomic mass is 9.86. The molecule has 0 unspecified atom stereocenters. The van der Waals surface area contributed by atoms with E-state index in [0.29, 0.717) is 43.0 Å². The lowest BCUT2D eigenvalue weighted by molar-refractivity contribution is 0.0746. The van der Waals surface area contributed by atoms with E-state index in [0.717, 1.165) is 0 Å². The molecule has 2 aromatic carbocycles. The predicted molar refractivity (Wildman–Crippen MR) is 110 cm³/mol. The van der Waals surface area contributed by atoms with Gasteiger partial charge in [0.05, 0.1) is 5.69 Å². The average Bonchev–Trinajstić information content (AvgIpc) is 2.67. The average molecular weight is 382 g/mol. The van der Waals surface area contributed by atoms with Gasteiger partial charge in [0.1, 0.15) is 5.82 Å². The second kappa shape index (κ2) is 7.74. The van der Waals surface area contributed by atoms with Gasteiger partial charge in [-0.2, -0.15) is 0 Å². The molecular formula is C23H27FN2O2. The Morgan fingerprint density at radius 3 is 1.96 bits per heavy atom. The fourth-order valence-electron chi connectivity index (χ4n) is 3.43. The molecule has 2 aromatic rings. The molecular weight excluding hydrogens is 355 g/mol. The summed E-state index contributed by atoms with van der Waals surface area (Å²) < 4.78 is 14.4. The first-order valence-electron chi connectivity index (χ1n) is 9.62. The van der Waals surface area contributed by atoms with E-state index >= 15 is 0 Å². The van der Waals surface area contributed by atoms with Gasteiger partial charge < -0.3 is 9.80 Å². The van der Waals surface area contributed by atoms with Gasteiger partial charge in [-0.25, -0.2) is 4.39 Å². The number of benzene rings is 2. The van der Waals surface area contributed by atoms with Crippen molar-refractivity contribution in [2.45, 2.75) is 33.1 Å². The zero-order valence-corrected chi connectivity index (χ0v) is 17.0. The third-order valence-electron chi connectivity index (χ3n) is 5.26. The van der Waals surface area contributed by atoms with Crippen LogP contribution in [0.15, 0.2) is 42.5 Å². The summed E-state index contributed by atoms with van der Waals surface area (Å²) in [6.45, 7) is 10.0. The Morgan fingerprint density at radius 1 is 0.893 bits per heavy atom. The van der Waals surface area contributed by atoms with Crippen LogP contribution >= 0.6 is 0 Å². The number of rotatable bonds is 3. The molecule has 148 valence electrons. The van der Waals surface area contributed by atoms with E-state index in [9.17, 15) is 14.0 Å². The van der Waals surface area contributed by atoms with Crippen molar-refractivity contribution in [1.29, 1.82) is 0 Å². The summed E-state index contributed by atoms with van der Waals surface area (Å²) in [5, 5.41) is 0. The molecule has 1 aliphatic rings. The Kier molecular flexibility index (Phi) is 5.54. The minimum Gasteiger partial charge on any atom is -0.366 e. The van der Waals surface area contributed by atoms with Crippen molar-refractivity contribution in [1.82, 2.24) is 4.90 Å². The van der Waals surface area contributed by atoms with Gasteiger partial charge in [0.15, 0.2) is 5.78 Å². The van der Waals surface area contributed by atoms with Crippen LogP contribution in [0.5, 0.6) is 0 Å². The molecule has 0 spiro atoms. The summed E-state index contributed by atoms with van der Waals surface area (Å²) in [5.74, 6) is -0.545. The second-order valence-electron chi connectivity index (χ2n) is 8.33. The lowest BCUT2D eigenvalue weighted by Crippen LogP contribution is -2.49. The Balaban J connectivity index is 1.65. The summed E-state index contributed by atoms with van der Waals surface area (Å²) in [7, 11) is 0. The third kappa shape index (κ3) is 4.24. The van der Waals surface area contributed by atoms with Crippen molar-refractivity contribution in [2.75, 3.05) is 31.1 Å². The number of halogens is 1. The van der Waals surface area contributed by atoms with E-state index in [2.05, 4.69) is 20.8 Å². The third-order valence-corrected chi connectivity index (χ3v) is 5.26. The summed E-state index contributed by atoms with van der Waals surface area (Å²) in [6, 6.07) is 12.4. The van der Waals surface area contributed by atoms with Gasteiger partial charge in [-0.15, -0.1) is 0 Å². The lowest BCUT2D eigenvalue weighted by Gasteiger charge is -2.36.